The molecule has 0 saturated carbocycles. The summed E-state index contributed by atoms with van der Waals surface area (Å²) in [5.74, 6) is 0.0699. The molecule has 0 aliphatic carbocycles. The van der Waals surface area contributed by atoms with Crippen LogP contribution in [0.1, 0.15) is 29.8 Å². The largest absolute Gasteiger partial charge is 0.337 e. The molecule has 2 aliphatic rings. The van der Waals surface area contributed by atoms with E-state index in [1.165, 1.54) is 6.42 Å². The van der Waals surface area contributed by atoms with E-state index in [0.717, 1.165) is 50.3 Å². The van der Waals surface area contributed by atoms with Crippen molar-refractivity contribution >= 4 is 18.3 Å². The smallest absolute Gasteiger partial charge is 0.271 e. The predicted octanol–water partition coefficient (Wildman–Crippen LogP) is 2.71. The van der Waals surface area contributed by atoms with E-state index in [1.807, 2.05) is 41.3 Å². The monoisotopic (exact) mass is 346 g/mol. The number of carbonyl (C=O) groups excluding carboxylic acids is 1. The van der Waals surface area contributed by atoms with Gasteiger partial charge in [-0.1, -0.05) is 30.3 Å². The standard InChI is InChI=1S/C18H22N4O.ClH/c23-17(22-10-7-18(8-11-22)6-9-19-13-18)16-12-15(20-21-16)14-4-2-1-3-5-14;/h1-5,12,19H,6-11,13H2,(H,20,21);1H. The Labute approximate surface area is 148 Å². The van der Waals surface area contributed by atoms with Crippen LogP contribution >= 0.6 is 12.4 Å². The number of piperidine rings is 1. The first-order chi connectivity index (χ1) is 11.3. The van der Waals surface area contributed by atoms with Crippen molar-refractivity contribution in [3.63, 3.8) is 0 Å². The Bertz CT molecular complexity index is 684. The van der Waals surface area contributed by atoms with Gasteiger partial charge in [0, 0.05) is 25.2 Å². The normalized spacial score (nSPS) is 19.2. The van der Waals surface area contributed by atoms with Gasteiger partial charge in [0.05, 0.1) is 5.69 Å². The average Bonchev–Trinajstić information content (AvgIpc) is 3.26. The molecule has 1 aromatic heterocycles. The molecule has 1 aromatic carbocycles. The summed E-state index contributed by atoms with van der Waals surface area (Å²) in [6, 6.07) is 11.8. The molecule has 4 rings (SSSR count). The zero-order chi connectivity index (χ0) is 15.7. The van der Waals surface area contributed by atoms with Crippen molar-refractivity contribution in [1.82, 2.24) is 20.4 Å². The highest BCUT2D eigenvalue weighted by Crippen LogP contribution is 2.37. The molecular formula is C18H23ClN4O. The van der Waals surface area contributed by atoms with Gasteiger partial charge < -0.3 is 10.2 Å². The Morgan fingerprint density at radius 2 is 1.88 bits per heavy atom. The molecule has 0 unspecified atom stereocenters. The molecule has 2 aromatic rings. The lowest BCUT2D eigenvalue weighted by molar-refractivity contribution is 0.0602. The minimum Gasteiger partial charge on any atom is -0.337 e. The third kappa shape index (κ3) is 3.19. The lowest BCUT2D eigenvalue weighted by Crippen LogP contribution is -2.44. The molecule has 0 radical (unpaired) electrons. The van der Waals surface area contributed by atoms with Gasteiger partial charge in [0.2, 0.25) is 0 Å². The SMILES string of the molecule is Cl.O=C(c1cc(-c2ccccc2)n[nH]1)N1CCC2(CCNC2)CC1. The predicted molar refractivity (Wildman–Crippen MR) is 96.3 cm³/mol. The Kier molecular flexibility index (Phi) is 4.92. The second-order valence-electron chi connectivity index (χ2n) is 6.75. The minimum atomic E-state index is 0. The van der Waals surface area contributed by atoms with Crippen molar-refractivity contribution in [2.45, 2.75) is 19.3 Å². The number of amides is 1. The van der Waals surface area contributed by atoms with Crippen LogP contribution in [0.2, 0.25) is 0 Å². The molecule has 2 saturated heterocycles. The maximum absolute atomic E-state index is 12.7. The number of benzene rings is 1. The number of rotatable bonds is 2. The number of nitrogens with zero attached hydrogens (tertiary/aromatic N) is 2. The third-order valence-corrected chi connectivity index (χ3v) is 5.32. The van der Waals surface area contributed by atoms with E-state index in [4.69, 9.17) is 0 Å². The summed E-state index contributed by atoms with van der Waals surface area (Å²) in [6.07, 6.45) is 3.45. The molecule has 6 heteroatoms. The topological polar surface area (TPSA) is 61.0 Å². The Morgan fingerprint density at radius 3 is 2.54 bits per heavy atom. The highest BCUT2D eigenvalue weighted by molar-refractivity contribution is 5.93. The summed E-state index contributed by atoms with van der Waals surface area (Å²) in [5, 5.41) is 10.7. The van der Waals surface area contributed by atoms with Gasteiger partial charge in [-0.3, -0.25) is 9.89 Å². The fraction of sp³-hybridized carbons (Fsp3) is 0.444. The first kappa shape index (κ1) is 17.0. The van der Waals surface area contributed by atoms with Crippen LogP contribution in [0.5, 0.6) is 0 Å². The highest BCUT2D eigenvalue weighted by atomic mass is 35.5. The van der Waals surface area contributed by atoms with Crippen molar-refractivity contribution in [3.05, 3.63) is 42.1 Å². The summed E-state index contributed by atoms with van der Waals surface area (Å²) in [4.78, 5) is 14.7. The van der Waals surface area contributed by atoms with Crippen molar-refractivity contribution in [3.8, 4) is 11.3 Å². The van der Waals surface area contributed by atoms with Crippen molar-refractivity contribution in [2.75, 3.05) is 26.2 Å². The van der Waals surface area contributed by atoms with E-state index in [-0.39, 0.29) is 18.3 Å². The molecule has 0 atom stereocenters. The molecule has 2 N–H and O–H groups in total. The van der Waals surface area contributed by atoms with Crippen LogP contribution in [-0.2, 0) is 0 Å². The second-order valence-corrected chi connectivity index (χ2v) is 6.75. The summed E-state index contributed by atoms with van der Waals surface area (Å²) < 4.78 is 0. The highest BCUT2D eigenvalue weighted by Gasteiger charge is 2.38. The summed E-state index contributed by atoms with van der Waals surface area (Å²) in [5.41, 5.74) is 2.86. The molecule has 2 aliphatic heterocycles. The maximum atomic E-state index is 12.7. The molecule has 24 heavy (non-hydrogen) atoms. The first-order valence-corrected chi connectivity index (χ1v) is 8.37. The van der Waals surface area contributed by atoms with E-state index in [9.17, 15) is 4.79 Å². The van der Waals surface area contributed by atoms with Gasteiger partial charge in [-0.2, -0.15) is 5.10 Å². The van der Waals surface area contributed by atoms with Crippen LogP contribution in [0.25, 0.3) is 11.3 Å². The number of likely N-dealkylation sites (tertiary alicyclic amines) is 1. The second kappa shape index (κ2) is 6.95. The van der Waals surface area contributed by atoms with E-state index >= 15 is 0 Å². The molecule has 2 fully saturated rings. The van der Waals surface area contributed by atoms with E-state index in [1.54, 1.807) is 0 Å². The maximum Gasteiger partial charge on any atom is 0.271 e. The number of nitrogens with one attached hydrogen (secondary N) is 2. The molecule has 5 nitrogen and oxygen atoms in total. The number of halogens is 1. The summed E-state index contributed by atoms with van der Waals surface area (Å²) in [7, 11) is 0. The van der Waals surface area contributed by atoms with Crippen LogP contribution in [0.4, 0.5) is 0 Å². The van der Waals surface area contributed by atoms with E-state index in [0.29, 0.717) is 11.1 Å². The van der Waals surface area contributed by atoms with Gasteiger partial charge in [0.15, 0.2) is 0 Å². The molecule has 0 bridgehead atoms. The quantitative estimate of drug-likeness (QED) is 0.879. The summed E-state index contributed by atoms with van der Waals surface area (Å²) >= 11 is 0. The van der Waals surface area contributed by atoms with Gasteiger partial charge in [-0.25, -0.2) is 0 Å². The summed E-state index contributed by atoms with van der Waals surface area (Å²) in [6.45, 7) is 3.92. The van der Waals surface area contributed by atoms with Crippen LogP contribution in [0.15, 0.2) is 36.4 Å². The van der Waals surface area contributed by atoms with Gasteiger partial charge in [0.25, 0.3) is 5.91 Å². The van der Waals surface area contributed by atoms with Gasteiger partial charge in [-0.05, 0) is 37.3 Å². The van der Waals surface area contributed by atoms with Crippen LogP contribution in [-0.4, -0.2) is 47.2 Å². The van der Waals surface area contributed by atoms with Gasteiger partial charge in [-0.15, -0.1) is 12.4 Å². The zero-order valence-corrected chi connectivity index (χ0v) is 14.4. The van der Waals surface area contributed by atoms with Crippen LogP contribution < -0.4 is 5.32 Å². The van der Waals surface area contributed by atoms with E-state index < -0.39 is 0 Å². The zero-order valence-electron chi connectivity index (χ0n) is 13.6. The fourth-order valence-electron chi connectivity index (χ4n) is 3.76. The number of hydrogen-bond donors (Lipinski definition) is 2. The Morgan fingerprint density at radius 1 is 1.12 bits per heavy atom. The lowest BCUT2D eigenvalue weighted by Gasteiger charge is -2.38. The lowest BCUT2D eigenvalue weighted by atomic mass is 9.78. The van der Waals surface area contributed by atoms with Crippen molar-refractivity contribution in [2.24, 2.45) is 5.41 Å². The molecule has 128 valence electrons. The van der Waals surface area contributed by atoms with E-state index in [2.05, 4.69) is 15.5 Å². The Balaban J connectivity index is 0.00000169. The fourth-order valence-corrected chi connectivity index (χ4v) is 3.76. The number of carbonyl (C=O) groups is 1. The van der Waals surface area contributed by atoms with Crippen LogP contribution in [0, 0.1) is 5.41 Å². The minimum absolute atomic E-state index is 0. The number of aromatic nitrogens is 2. The van der Waals surface area contributed by atoms with Crippen molar-refractivity contribution < 1.29 is 4.79 Å². The number of H-pyrrole nitrogens is 1. The van der Waals surface area contributed by atoms with Crippen LogP contribution in [0.3, 0.4) is 0 Å². The van der Waals surface area contributed by atoms with Gasteiger partial charge in [0.1, 0.15) is 5.69 Å². The first-order valence-electron chi connectivity index (χ1n) is 8.37. The molecular weight excluding hydrogens is 324 g/mol. The molecule has 1 spiro atoms. The number of aromatic amines is 1. The van der Waals surface area contributed by atoms with Gasteiger partial charge >= 0.3 is 0 Å². The van der Waals surface area contributed by atoms with Crippen molar-refractivity contribution in [1.29, 1.82) is 0 Å². The molecule has 3 heterocycles. The Hall–Kier alpha value is -1.85. The molecule has 1 amide bonds. The average molecular weight is 347 g/mol. The number of hydrogen-bond acceptors (Lipinski definition) is 3. The third-order valence-electron chi connectivity index (χ3n) is 5.32.